The minimum absolute atomic E-state index is 0.109. The molecule has 0 aromatic carbocycles. The summed E-state index contributed by atoms with van der Waals surface area (Å²) in [6.07, 6.45) is -1.29. The standard InChI is InChI=1S/C10H17N3O5/c1-4-16-8(10(15)18-6-3)7(12-13-11)9(14)17-5-2/h7-8H,4-6H2,1-3H3. The van der Waals surface area contributed by atoms with Gasteiger partial charge in [0.25, 0.3) is 0 Å². The van der Waals surface area contributed by atoms with Crippen LogP contribution in [0.15, 0.2) is 5.11 Å². The molecule has 0 N–H and O–H groups in total. The van der Waals surface area contributed by atoms with Gasteiger partial charge in [-0.15, -0.1) is 0 Å². The van der Waals surface area contributed by atoms with E-state index in [4.69, 9.17) is 19.7 Å². The van der Waals surface area contributed by atoms with Crippen LogP contribution >= 0.6 is 0 Å². The molecule has 0 aromatic heterocycles. The number of hydrogen-bond donors (Lipinski definition) is 0. The van der Waals surface area contributed by atoms with E-state index in [0.29, 0.717) is 0 Å². The van der Waals surface area contributed by atoms with Gasteiger partial charge in [-0.1, -0.05) is 5.11 Å². The SMILES string of the molecule is CCOC(=O)C(N=[N+]=[N-])C(OCC)C(=O)OCC. The summed E-state index contributed by atoms with van der Waals surface area (Å²) < 4.78 is 14.6. The zero-order valence-corrected chi connectivity index (χ0v) is 10.7. The van der Waals surface area contributed by atoms with E-state index >= 15 is 0 Å². The number of esters is 2. The average Bonchev–Trinajstić information content (AvgIpc) is 2.34. The highest BCUT2D eigenvalue weighted by molar-refractivity contribution is 5.86. The van der Waals surface area contributed by atoms with Crippen molar-refractivity contribution in [1.82, 2.24) is 0 Å². The summed E-state index contributed by atoms with van der Waals surface area (Å²) in [5.41, 5.74) is 8.43. The molecule has 0 saturated carbocycles. The Labute approximate surface area is 105 Å². The Morgan fingerprint density at radius 2 is 1.67 bits per heavy atom. The quantitative estimate of drug-likeness (QED) is 0.281. The number of ether oxygens (including phenoxy) is 3. The normalized spacial score (nSPS) is 13.1. The van der Waals surface area contributed by atoms with Crippen molar-refractivity contribution in [2.45, 2.75) is 32.9 Å². The van der Waals surface area contributed by atoms with Crippen LogP contribution in [0.1, 0.15) is 20.8 Å². The van der Waals surface area contributed by atoms with Gasteiger partial charge in [-0.05, 0) is 26.3 Å². The molecule has 0 saturated heterocycles. The lowest BCUT2D eigenvalue weighted by Crippen LogP contribution is -2.42. The minimum atomic E-state index is -1.38. The second-order valence-corrected chi connectivity index (χ2v) is 3.03. The molecular weight excluding hydrogens is 242 g/mol. The van der Waals surface area contributed by atoms with Crippen molar-refractivity contribution >= 4 is 11.9 Å². The van der Waals surface area contributed by atoms with Crippen LogP contribution in [0.25, 0.3) is 10.4 Å². The fourth-order valence-electron chi connectivity index (χ4n) is 1.21. The summed E-state index contributed by atoms with van der Waals surface area (Å²) in [4.78, 5) is 25.7. The van der Waals surface area contributed by atoms with Crippen molar-refractivity contribution in [2.75, 3.05) is 19.8 Å². The molecule has 0 fully saturated rings. The molecule has 0 aliphatic carbocycles. The summed E-state index contributed by atoms with van der Waals surface area (Å²) in [6.45, 7) is 5.27. The van der Waals surface area contributed by atoms with Crippen molar-refractivity contribution in [3.05, 3.63) is 10.4 Å². The van der Waals surface area contributed by atoms with Crippen LogP contribution in [0, 0.1) is 0 Å². The van der Waals surface area contributed by atoms with E-state index in [9.17, 15) is 9.59 Å². The molecule has 18 heavy (non-hydrogen) atoms. The van der Waals surface area contributed by atoms with Gasteiger partial charge in [0.15, 0.2) is 12.1 Å². The number of azide groups is 1. The van der Waals surface area contributed by atoms with Gasteiger partial charge in [0.1, 0.15) is 0 Å². The lowest BCUT2D eigenvalue weighted by atomic mass is 10.1. The predicted octanol–water partition coefficient (Wildman–Crippen LogP) is 1.20. The van der Waals surface area contributed by atoms with E-state index in [1.165, 1.54) is 0 Å². The first kappa shape index (κ1) is 16.2. The summed E-state index contributed by atoms with van der Waals surface area (Å²) in [5.74, 6) is -1.58. The Kier molecular flexibility index (Phi) is 8.34. The smallest absolute Gasteiger partial charge is 0.336 e. The molecule has 0 radical (unpaired) electrons. The Balaban J connectivity index is 5.02. The minimum Gasteiger partial charge on any atom is -0.466 e. The highest BCUT2D eigenvalue weighted by atomic mass is 16.6. The zero-order valence-electron chi connectivity index (χ0n) is 10.7. The summed E-state index contributed by atoms with van der Waals surface area (Å²) >= 11 is 0. The van der Waals surface area contributed by atoms with Crippen molar-refractivity contribution in [3.8, 4) is 0 Å². The molecule has 2 unspecified atom stereocenters. The molecule has 8 heteroatoms. The van der Waals surface area contributed by atoms with Crippen LogP contribution < -0.4 is 0 Å². The van der Waals surface area contributed by atoms with Gasteiger partial charge in [-0.2, -0.15) is 0 Å². The van der Waals surface area contributed by atoms with Crippen LogP contribution in [0.3, 0.4) is 0 Å². The largest absolute Gasteiger partial charge is 0.466 e. The molecule has 0 aromatic rings. The van der Waals surface area contributed by atoms with Crippen LogP contribution in [-0.4, -0.2) is 43.9 Å². The molecule has 0 bridgehead atoms. The van der Waals surface area contributed by atoms with Gasteiger partial charge in [-0.3, -0.25) is 4.79 Å². The monoisotopic (exact) mass is 259 g/mol. The van der Waals surface area contributed by atoms with E-state index in [0.717, 1.165) is 0 Å². The van der Waals surface area contributed by atoms with Crippen LogP contribution in [-0.2, 0) is 23.8 Å². The van der Waals surface area contributed by atoms with Gasteiger partial charge in [0.05, 0.1) is 13.2 Å². The molecular formula is C10H17N3O5. The molecule has 0 heterocycles. The van der Waals surface area contributed by atoms with E-state index in [1.807, 2.05) is 0 Å². The Morgan fingerprint density at radius 1 is 1.11 bits per heavy atom. The number of carbonyl (C=O) groups is 2. The second-order valence-electron chi connectivity index (χ2n) is 3.03. The maximum Gasteiger partial charge on any atom is 0.336 e. The van der Waals surface area contributed by atoms with Gasteiger partial charge < -0.3 is 14.2 Å². The third kappa shape index (κ3) is 5.03. The lowest BCUT2D eigenvalue weighted by molar-refractivity contribution is -0.165. The maximum atomic E-state index is 11.6. The van der Waals surface area contributed by atoms with Gasteiger partial charge in [0.2, 0.25) is 0 Å². The topological polar surface area (TPSA) is 111 Å². The third-order valence-corrected chi connectivity index (χ3v) is 1.86. The first-order valence-corrected chi connectivity index (χ1v) is 5.61. The van der Waals surface area contributed by atoms with Crippen molar-refractivity contribution in [3.63, 3.8) is 0 Å². The van der Waals surface area contributed by atoms with Gasteiger partial charge >= 0.3 is 11.9 Å². The number of hydrogen-bond acceptors (Lipinski definition) is 6. The maximum absolute atomic E-state index is 11.6. The summed E-state index contributed by atoms with van der Waals surface area (Å²) in [7, 11) is 0. The molecule has 0 rings (SSSR count). The van der Waals surface area contributed by atoms with E-state index in [-0.39, 0.29) is 19.8 Å². The van der Waals surface area contributed by atoms with Crippen LogP contribution in [0.4, 0.5) is 0 Å². The molecule has 0 amide bonds. The van der Waals surface area contributed by atoms with Gasteiger partial charge in [0, 0.05) is 11.5 Å². The summed E-state index contributed by atoms with van der Waals surface area (Å²) in [6, 6.07) is -1.38. The number of carbonyl (C=O) groups excluding carboxylic acids is 2. The summed E-state index contributed by atoms with van der Waals surface area (Å²) in [5, 5.41) is 3.25. The van der Waals surface area contributed by atoms with E-state index < -0.39 is 24.1 Å². The first-order valence-electron chi connectivity index (χ1n) is 5.61. The lowest BCUT2D eigenvalue weighted by Gasteiger charge is -2.20. The van der Waals surface area contributed by atoms with E-state index in [1.54, 1.807) is 20.8 Å². The fourth-order valence-corrected chi connectivity index (χ4v) is 1.21. The van der Waals surface area contributed by atoms with Crippen LogP contribution in [0.5, 0.6) is 0 Å². The number of nitrogens with zero attached hydrogens (tertiary/aromatic N) is 3. The Morgan fingerprint density at radius 3 is 2.11 bits per heavy atom. The zero-order chi connectivity index (χ0) is 14.0. The molecule has 8 nitrogen and oxygen atoms in total. The first-order chi connectivity index (χ1) is 8.62. The van der Waals surface area contributed by atoms with Crippen molar-refractivity contribution in [1.29, 1.82) is 0 Å². The van der Waals surface area contributed by atoms with Crippen molar-refractivity contribution < 1.29 is 23.8 Å². The van der Waals surface area contributed by atoms with Gasteiger partial charge in [-0.25, -0.2) is 4.79 Å². The Hall–Kier alpha value is -1.79. The average molecular weight is 259 g/mol. The third-order valence-electron chi connectivity index (χ3n) is 1.86. The fraction of sp³-hybridized carbons (Fsp3) is 0.800. The molecule has 2 atom stereocenters. The molecule has 102 valence electrons. The second kappa shape index (κ2) is 9.26. The Bertz CT molecular complexity index is 327. The van der Waals surface area contributed by atoms with E-state index in [2.05, 4.69) is 10.0 Å². The van der Waals surface area contributed by atoms with Crippen molar-refractivity contribution in [2.24, 2.45) is 5.11 Å². The molecule has 0 spiro atoms. The highest BCUT2D eigenvalue weighted by Crippen LogP contribution is 2.10. The molecule has 0 aliphatic rings. The predicted molar refractivity (Wildman–Crippen MR) is 61.6 cm³/mol. The molecule has 0 aliphatic heterocycles. The number of rotatable bonds is 8. The van der Waals surface area contributed by atoms with Crippen LogP contribution in [0.2, 0.25) is 0 Å². The highest BCUT2D eigenvalue weighted by Gasteiger charge is 2.36.